The highest BCUT2D eigenvalue weighted by atomic mass is 19.1. The Morgan fingerprint density at radius 2 is 1.84 bits per heavy atom. The number of aromatic nitrogens is 1. The Morgan fingerprint density at radius 3 is 2.55 bits per heavy atom. The van der Waals surface area contributed by atoms with Crippen molar-refractivity contribution in [3.63, 3.8) is 0 Å². The minimum Gasteiger partial charge on any atom is -0.474 e. The SMILES string of the molecule is CC(C)OC[C@H]1COc2ncc(Cc3ccc(F)cc3)cc2N1C(=O)CN1C[C@@H](C)N(C(=O)O)C[C@@H]1CN1CCOC[C@H]1C. The first-order valence-corrected chi connectivity index (χ1v) is 15.4. The van der Waals surface area contributed by atoms with Gasteiger partial charge in [0.05, 0.1) is 38.5 Å². The van der Waals surface area contributed by atoms with E-state index in [-0.39, 0.29) is 55.1 Å². The van der Waals surface area contributed by atoms with E-state index < -0.39 is 6.09 Å². The molecule has 1 N–H and O–H groups in total. The Kier molecular flexibility index (Phi) is 10.3. The van der Waals surface area contributed by atoms with E-state index in [2.05, 4.69) is 21.7 Å². The summed E-state index contributed by atoms with van der Waals surface area (Å²) in [7, 11) is 0. The standard InChI is InChI=1S/C32H44FN5O6/c1-21(2)43-19-28-20-44-31-29(12-25(13-34-31)11-24-5-7-26(33)8-6-24)38(28)30(39)17-36-14-22(3)37(32(40)41)16-27(36)15-35-9-10-42-18-23(35)4/h5-8,12-13,21-23,27-28H,9-11,14-20H2,1-4H3,(H,40,41)/t22-,23-,27+,28+/m1/s1. The van der Waals surface area contributed by atoms with Gasteiger partial charge in [0.25, 0.3) is 0 Å². The second kappa shape index (κ2) is 14.2. The minimum atomic E-state index is -0.948. The maximum Gasteiger partial charge on any atom is 0.407 e. The molecule has 3 aliphatic heterocycles. The molecule has 0 unspecified atom stereocenters. The Balaban J connectivity index is 1.41. The van der Waals surface area contributed by atoms with Crippen LogP contribution in [0.4, 0.5) is 14.9 Å². The molecule has 0 aliphatic carbocycles. The van der Waals surface area contributed by atoms with Gasteiger partial charge in [-0.2, -0.15) is 0 Å². The first-order valence-electron chi connectivity index (χ1n) is 15.4. The molecule has 0 radical (unpaired) electrons. The lowest BCUT2D eigenvalue weighted by atomic mass is 10.0. The summed E-state index contributed by atoms with van der Waals surface area (Å²) < 4.78 is 31.1. The number of anilines is 1. The minimum absolute atomic E-state index is 0.0267. The van der Waals surface area contributed by atoms with Gasteiger partial charge < -0.3 is 24.2 Å². The molecule has 2 fully saturated rings. The average molecular weight is 614 g/mol. The predicted molar refractivity (Wildman–Crippen MR) is 163 cm³/mol. The molecule has 0 bridgehead atoms. The lowest BCUT2D eigenvalue weighted by Gasteiger charge is -2.47. The maximum absolute atomic E-state index is 14.4. The Labute approximate surface area is 258 Å². The van der Waals surface area contributed by atoms with Crippen molar-refractivity contribution < 1.29 is 33.3 Å². The summed E-state index contributed by atoms with van der Waals surface area (Å²) in [6.07, 6.45) is 1.27. The number of morpholine rings is 1. The zero-order valence-corrected chi connectivity index (χ0v) is 26.0. The van der Waals surface area contributed by atoms with Crippen molar-refractivity contribution >= 4 is 17.7 Å². The fourth-order valence-corrected chi connectivity index (χ4v) is 6.21. The number of ether oxygens (including phenoxy) is 3. The normalized spacial score (nSPS) is 24.7. The summed E-state index contributed by atoms with van der Waals surface area (Å²) in [5.74, 6) is -0.0382. The average Bonchev–Trinajstić information content (AvgIpc) is 2.99. The summed E-state index contributed by atoms with van der Waals surface area (Å²) in [4.78, 5) is 38.7. The smallest absolute Gasteiger partial charge is 0.407 e. The van der Waals surface area contributed by atoms with Crippen LogP contribution in [0.15, 0.2) is 36.5 Å². The molecular weight excluding hydrogens is 569 g/mol. The van der Waals surface area contributed by atoms with Crippen molar-refractivity contribution in [3.05, 3.63) is 53.5 Å². The van der Waals surface area contributed by atoms with Gasteiger partial charge in [-0.25, -0.2) is 14.2 Å². The Hall–Kier alpha value is -3.32. The third-order valence-electron chi connectivity index (χ3n) is 8.63. The molecule has 2 saturated heterocycles. The van der Waals surface area contributed by atoms with Gasteiger partial charge in [0, 0.05) is 50.5 Å². The molecule has 2 aromatic rings. The van der Waals surface area contributed by atoms with Crippen molar-refractivity contribution in [2.24, 2.45) is 0 Å². The number of carboxylic acid groups (broad SMARTS) is 1. The number of piperazine rings is 1. The van der Waals surface area contributed by atoms with Crippen LogP contribution in [0, 0.1) is 5.82 Å². The zero-order chi connectivity index (χ0) is 31.4. The third-order valence-corrected chi connectivity index (χ3v) is 8.63. The largest absolute Gasteiger partial charge is 0.474 e. The monoisotopic (exact) mass is 613 g/mol. The molecule has 0 saturated carbocycles. The number of pyridine rings is 1. The topological polar surface area (TPSA) is 108 Å². The molecule has 11 nitrogen and oxygen atoms in total. The fraction of sp³-hybridized carbons (Fsp3) is 0.594. The summed E-state index contributed by atoms with van der Waals surface area (Å²) in [5.41, 5.74) is 2.37. The van der Waals surface area contributed by atoms with E-state index in [0.717, 1.165) is 17.7 Å². The number of fused-ring (bicyclic) bond motifs is 1. The van der Waals surface area contributed by atoms with Crippen LogP contribution in [-0.2, 0) is 20.7 Å². The van der Waals surface area contributed by atoms with Crippen LogP contribution >= 0.6 is 0 Å². The number of benzene rings is 1. The molecule has 1 aromatic carbocycles. The van der Waals surface area contributed by atoms with Gasteiger partial charge in [0.2, 0.25) is 11.8 Å². The Morgan fingerprint density at radius 1 is 1.07 bits per heavy atom. The second-order valence-corrected chi connectivity index (χ2v) is 12.4. The van der Waals surface area contributed by atoms with Gasteiger partial charge in [0.1, 0.15) is 18.1 Å². The number of amides is 2. The number of hydrogen-bond donors (Lipinski definition) is 1. The summed E-state index contributed by atoms with van der Waals surface area (Å²) in [5, 5.41) is 9.89. The number of carbonyl (C=O) groups is 2. The molecule has 0 spiro atoms. The zero-order valence-electron chi connectivity index (χ0n) is 26.0. The summed E-state index contributed by atoms with van der Waals surface area (Å²) in [6, 6.07) is 7.66. The second-order valence-electron chi connectivity index (χ2n) is 12.4. The number of hydrogen-bond acceptors (Lipinski definition) is 8. The van der Waals surface area contributed by atoms with Gasteiger partial charge in [-0.1, -0.05) is 12.1 Å². The van der Waals surface area contributed by atoms with E-state index in [4.69, 9.17) is 14.2 Å². The summed E-state index contributed by atoms with van der Waals surface area (Å²) in [6.45, 7) is 11.9. The van der Waals surface area contributed by atoms with Crippen LogP contribution < -0.4 is 9.64 Å². The molecule has 5 rings (SSSR count). The Bertz CT molecular complexity index is 1300. The van der Waals surface area contributed by atoms with Gasteiger partial charge in [-0.15, -0.1) is 0 Å². The van der Waals surface area contributed by atoms with Crippen molar-refractivity contribution in [1.82, 2.24) is 19.7 Å². The first kappa shape index (κ1) is 32.1. The maximum atomic E-state index is 14.4. The molecule has 12 heteroatoms. The van der Waals surface area contributed by atoms with E-state index in [1.807, 2.05) is 26.8 Å². The number of halogens is 1. The number of carbonyl (C=O) groups excluding carboxylic acids is 1. The fourth-order valence-electron chi connectivity index (χ4n) is 6.21. The van der Waals surface area contributed by atoms with Gasteiger partial charge in [0.15, 0.2) is 0 Å². The third kappa shape index (κ3) is 7.66. The van der Waals surface area contributed by atoms with Gasteiger partial charge in [-0.05, 0) is 63.4 Å². The van der Waals surface area contributed by atoms with Crippen molar-refractivity contribution in [1.29, 1.82) is 0 Å². The molecular formula is C32H44FN5O6. The number of nitrogens with zero attached hydrogens (tertiary/aromatic N) is 5. The molecule has 4 atom stereocenters. The lowest BCUT2D eigenvalue weighted by Crippen LogP contribution is -2.64. The molecule has 4 heterocycles. The lowest BCUT2D eigenvalue weighted by molar-refractivity contribution is -0.123. The molecule has 3 aliphatic rings. The van der Waals surface area contributed by atoms with Crippen molar-refractivity contribution in [2.45, 2.75) is 64.4 Å². The highest BCUT2D eigenvalue weighted by molar-refractivity contribution is 5.97. The summed E-state index contributed by atoms with van der Waals surface area (Å²) >= 11 is 0. The van der Waals surface area contributed by atoms with E-state index in [9.17, 15) is 19.1 Å². The van der Waals surface area contributed by atoms with Crippen LogP contribution in [0.2, 0.25) is 0 Å². The molecule has 1 aromatic heterocycles. The van der Waals surface area contributed by atoms with Gasteiger partial charge >= 0.3 is 6.09 Å². The first-order chi connectivity index (χ1) is 21.1. The van der Waals surface area contributed by atoms with E-state index >= 15 is 0 Å². The predicted octanol–water partition coefficient (Wildman–Crippen LogP) is 3.10. The van der Waals surface area contributed by atoms with Crippen molar-refractivity contribution in [2.75, 3.05) is 64.1 Å². The molecule has 240 valence electrons. The van der Waals surface area contributed by atoms with Crippen LogP contribution in [0.1, 0.15) is 38.8 Å². The van der Waals surface area contributed by atoms with E-state index in [1.165, 1.54) is 17.0 Å². The highest BCUT2D eigenvalue weighted by Crippen LogP contribution is 2.34. The van der Waals surface area contributed by atoms with Crippen LogP contribution in [0.25, 0.3) is 0 Å². The van der Waals surface area contributed by atoms with Crippen LogP contribution in [0.5, 0.6) is 5.88 Å². The van der Waals surface area contributed by atoms with E-state index in [1.54, 1.807) is 23.2 Å². The van der Waals surface area contributed by atoms with Gasteiger partial charge in [-0.3, -0.25) is 19.5 Å². The van der Waals surface area contributed by atoms with E-state index in [0.29, 0.717) is 57.4 Å². The van der Waals surface area contributed by atoms with Crippen molar-refractivity contribution in [3.8, 4) is 5.88 Å². The van der Waals surface area contributed by atoms with Crippen LogP contribution in [0.3, 0.4) is 0 Å². The molecule has 2 amide bonds. The van der Waals surface area contributed by atoms with Crippen LogP contribution in [-0.4, -0.2) is 126 Å². The number of rotatable bonds is 9. The highest BCUT2D eigenvalue weighted by Gasteiger charge is 2.40. The molecule has 44 heavy (non-hydrogen) atoms. The quantitative estimate of drug-likeness (QED) is 0.457.